The van der Waals surface area contributed by atoms with Crippen LogP contribution < -0.4 is 0 Å². The van der Waals surface area contributed by atoms with Gasteiger partial charge in [0, 0.05) is 0 Å². The maximum Gasteiger partial charge on any atom is 0.118 e. The third-order valence-corrected chi connectivity index (χ3v) is 2.32. The topological polar surface area (TPSA) is 29.5 Å². The summed E-state index contributed by atoms with van der Waals surface area (Å²) in [6, 6.07) is 0. The first kappa shape index (κ1) is 9.49. The molecule has 0 amide bonds. The van der Waals surface area contributed by atoms with Crippen LogP contribution in [0.25, 0.3) is 0 Å². The van der Waals surface area contributed by atoms with Gasteiger partial charge >= 0.3 is 0 Å². The average Bonchev–Trinajstić information content (AvgIpc) is 2.03. The summed E-state index contributed by atoms with van der Waals surface area (Å²) in [7, 11) is 0. The molecule has 2 unspecified atom stereocenters. The fraction of sp³-hybridized carbons (Fsp3) is 0.600. The van der Waals surface area contributed by atoms with E-state index in [9.17, 15) is 0 Å². The van der Waals surface area contributed by atoms with Crippen LogP contribution in [0.2, 0.25) is 0 Å². The molecule has 0 fully saturated rings. The van der Waals surface area contributed by atoms with Gasteiger partial charge in [0.25, 0.3) is 0 Å². The standard InChI is InChI=1S/C10H16O2/c1-7(2)9-5-4-8(3)6-10(9)12-11/h5,8,10-11H,1,4,6H2,2-3H3. The second-order valence-electron chi connectivity index (χ2n) is 3.61. The summed E-state index contributed by atoms with van der Waals surface area (Å²) < 4.78 is 0. The molecule has 12 heavy (non-hydrogen) atoms. The molecule has 68 valence electrons. The fourth-order valence-electron chi connectivity index (χ4n) is 1.60. The van der Waals surface area contributed by atoms with Crippen molar-refractivity contribution in [3.8, 4) is 0 Å². The van der Waals surface area contributed by atoms with Gasteiger partial charge < -0.3 is 0 Å². The molecule has 1 aliphatic rings. The summed E-state index contributed by atoms with van der Waals surface area (Å²) in [4.78, 5) is 4.41. The van der Waals surface area contributed by atoms with Crippen molar-refractivity contribution in [2.45, 2.75) is 32.8 Å². The summed E-state index contributed by atoms with van der Waals surface area (Å²) in [5, 5.41) is 8.65. The van der Waals surface area contributed by atoms with Crippen LogP contribution in [0.15, 0.2) is 23.8 Å². The Morgan fingerprint density at radius 3 is 2.92 bits per heavy atom. The molecule has 0 spiro atoms. The Labute approximate surface area is 73.5 Å². The molecule has 2 heteroatoms. The van der Waals surface area contributed by atoms with Crippen molar-refractivity contribution in [1.82, 2.24) is 0 Å². The molecular weight excluding hydrogens is 152 g/mol. The molecule has 0 saturated heterocycles. The minimum Gasteiger partial charge on any atom is -0.251 e. The van der Waals surface area contributed by atoms with E-state index in [1.165, 1.54) is 0 Å². The van der Waals surface area contributed by atoms with Crippen LogP contribution in [0.1, 0.15) is 26.7 Å². The molecule has 0 heterocycles. The lowest BCUT2D eigenvalue weighted by Crippen LogP contribution is -2.22. The lowest BCUT2D eigenvalue weighted by atomic mass is 9.86. The molecule has 0 aromatic heterocycles. The van der Waals surface area contributed by atoms with Crippen molar-refractivity contribution in [2.75, 3.05) is 0 Å². The van der Waals surface area contributed by atoms with Crippen molar-refractivity contribution in [1.29, 1.82) is 0 Å². The third-order valence-electron chi connectivity index (χ3n) is 2.32. The van der Waals surface area contributed by atoms with Gasteiger partial charge in [-0.1, -0.05) is 25.2 Å². The molecule has 1 aliphatic carbocycles. The Bertz CT molecular complexity index is 206. The Balaban J connectivity index is 2.75. The highest BCUT2D eigenvalue weighted by molar-refractivity contribution is 5.31. The summed E-state index contributed by atoms with van der Waals surface area (Å²) in [5.74, 6) is 0.588. The molecule has 0 aromatic carbocycles. The molecule has 0 aliphatic heterocycles. The van der Waals surface area contributed by atoms with Crippen molar-refractivity contribution < 1.29 is 10.1 Å². The molecule has 0 radical (unpaired) electrons. The Hall–Kier alpha value is -0.600. The van der Waals surface area contributed by atoms with Crippen molar-refractivity contribution in [3.05, 3.63) is 23.8 Å². The number of hydrogen-bond donors (Lipinski definition) is 1. The van der Waals surface area contributed by atoms with E-state index in [1.54, 1.807) is 0 Å². The molecule has 0 saturated carbocycles. The average molecular weight is 168 g/mol. The highest BCUT2D eigenvalue weighted by Gasteiger charge is 2.22. The maximum absolute atomic E-state index is 8.65. The van der Waals surface area contributed by atoms with Gasteiger partial charge in [-0.25, -0.2) is 4.89 Å². The monoisotopic (exact) mass is 168 g/mol. The van der Waals surface area contributed by atoms with Gasteiger partial charge in [0.2, 0.25) is 0 Å². The van der Waals surface area contributed by atoms with E-state index in [0.717, 1.165) is 24.0 Å². The zero-order valence-corrected chi connectivity index (χ0v) is 7.71. The SMILES string of the molecule is C=C(C)C1=CCC(C)CC1OO. The quantitative estimate of drug-likeness (QED) is 0.507. The first-order chi connectivity index (χ1) is 5.65. The lowest BCUT2D eigenvalue weighted by molar-refractivity contribution is -0.271. The summed E-state index contributed by atoms with van der Waals surface area (Å²) >= 11 is 0. The minimum absolute atomic E-state index is 0.161. The van der Waals surface area contributed by atoms with E-state index in [2.05, 4.69) is 24.5 Å². The fourth-order valence-corrected chi connectivity index (χ4v) is 1.60. The first-order valence-corrected chi connectivity index (χ1v) is 4.31. The molecule has 0 bridgehead atoms. The van der Waals surface area contributed by atoms with Gasteiger partial charge in [-0.2, -0.15) is 0 Å². The van der Waals surface area contributed by atoms with E-state index in [0.29, 0.717) is 5.92 Å². The number of rotatable bonds is 2. The molecule has 1 rings (SSSR count). The zero-order chi connectivity index (χ0) is 9.14. The smallest absolute Gasteiger partial charge is 0.118 e. The van der Waals surface area contributed by atoms with E-state index in [1.807, 2.05) is 6.92 Å². The van der Waals surface area contributed by atoms with E-state index < -0.39 is 0 Å². The highest BCUT2D eigenvalue weighted by Crippen LogP contribution is 2.28. The second kappa shape index (κ2) is 3.87. The van der Waals surface area contributed by atoms with Gasteiger partial charge in [-0.05, 0) is 31.3 Å². The number of allylic oxidation sites excluding steroid dienone is 1. The van der Waals surface area contributed by atoms with Crippen molar-refractivity contribution >= 4 is 0 Å². The van der Waals surface area contributed by atoms with Gasteiger partial charge in [-0.15, -0.1) is 0 Å². The third kappa shape index (κ3) is 1.96. The Kier molecular flexibility index (Phi) is 3.06. The van der Waals surface area contributed by atoms with E-state index in [4.69, 9.17) is 5.26 Å². The van der Waals surface area contributed by atoms with Gasteiger partial charge in [0.15, 0.2) is 0 Å². The number of hydrogen-bond acceptors (Lipinski definition) is 2. The normalized spacial score (nSPS) is 29.8. The Morgan fingerprint density at radius 1 is 1.75 bits per heavy atom. The van der Waals surface area contributed by atoms with Gasteiger partial charge in [0.05, 0.1) is 0 Å². The minimum atomic E-state index is -0.161. The molecule has 0 aromatic rings. The zero-order valence-electron chi connectivity index (χ0n) is 7.71. The van der Waals surface area contributed by atoms with Crippen molar-refractivity contribution in [2.24, 2.45) is 5.92 Å². The van der Waals surface area contributed by atoms with Crippen LogP contribution in [0.3, 0.4) is 0 Å². The first-order valence-electron chi connectivity index (χ1n) is 4.31. The molecule has 2 atom stereocenters. The van der Waals surface area contributed by atoms with Crippen LogP contribution in [0.5, 0.6) is 0 Å². The van der Waals surface area contributed by atoms with Crippen LogP contribution >= 0.6 is 0 Å². The second-order valence-corrected chi connectivity index (χ2v) is 3.61. The van der Waals surface area contributed by atoms with Crippen LogP contribution in [-0.2, 0) is 4.89 Å². The van der Waals surface area contributed by atoms with E-state index >= 15 is 0 Å². The van der Waals surface area contributed by atoms with Gasteiger partial charge in [-0.3, -0.25) is 5.26 Å². The lowest BCUT2D eigenvalue weighted by Gasteiger charge is -2.25. The maximum atomic E-state index is 8.65. The predicted octanol–water partition coefficient (Wildman–Crippen LogP) is 2.78. The molecule has 2 nitrogen and oxygen atoms in total. The summed E-state index contributed by atoms with van der Waals surface area (Å²) in [5.41, 5.74) is 2.04. The van der Waals surface area contributed by atoms with Gasteiger partial charge in [0.1, 0.15) is 6.10 Å². The highest BCUT2D eigenvalue weighted by atomic mass is 17.1. The molecular formula is C10H16O2. The van der Waals surface area contributed by atoms with Crippen LogP contribution in [0.4, 0.5) is 0 Å². The predicted molar refractivity (Wildman–Crippen MR) is 48.8 cm³/mol. The van der Waals surface area contributed by atoms with E-state index in [-0.39, 0.29) is 6.10 Å². The van der Waals surface area contributed by atoms with Crippen molar-refractivity contribution in [3.63, 3.8) is 0 Å². The molecule has 1 N–H and O–H groups in total. The summed E-state index contributed by atoms with van der Waals surface area (Å²) in [6.07, 6.45) is 3.89. The largest absolute Gasteiger partial charge is 0.251 e. The summed E-state index contributed by atoms with van der Waals surface area (Å²) in [6.45, 7) is 7.93. The van der Waals surface area contributed by atoms with Crippen LogP contribution in [0, 0.1) is 5.92 Å². The van der Waals surface area contributed by atoms with Crippen LogP contribution in [-0.4, -0.2) is 11.4 Å². The Morgan fingerprint density at radius 2 is 2.42 bits per heavy atom.